The average molecular weight is 320 g/mol. The van der Waals surface area contributed by atoms with Crippen LogP contribution in [0.25, 0.3) is 16.7 Å². The van der Waals surface area contributed by atoms with Gasteiger partial charge in [0.1, 0.15) is 17.0 Å². The van der Waals surface area contributed by atoms with Crippen LogP contribution in [-0.2, 0) is 5.41 Å². The Balaban J connectivity index is 2.35. The highest BCUT2D eigenvalue weighted by Gasteiger charge is 2.28. The Labute approximate surface area is 132 Å². The zero-order chi connectivity index (χ0) is 16.1. The number of halogens is 2. The number of fused-ring (bicyclic) bond motifs is 1. The minimum absolute atomic E-state index is 0.0511. The van der Waals surface area contributed by atoms with Crippen molar-refractivity contribution in [2.24, 2.45) is 0 Å². The molecule has 114 valence electrons. The van der Waals surface area contributed by atoms with Gasteiger partial charge in [-0.15, -0.1) is 0 Å². The highest BCUT2D eigenvalue weighted by molar-refractivity contribution is 6.30. The standard InChI is InChI=1S/C16H15ClFN3O/c1-16(2,3)15-14-13(5-4-8-20(14)22)21(19-15)10-6-7-11(17)12(18)9-10/h4-9H,1-3H3. The maximum atomic E-state index is 13.7. The molecule has 4 nitrogen and oxygen atoms in total. The fourth-order valence-electron chi connectivity index (χ4n) is 2.40. The Hall–Kier alpha value is -2.14. The van der Waals surface area contributed by atoms with E-state index in [0.717, 1.165) is 4.73 Å². The molecule has 0 bridgehead atoms. The maximum Gasteiger partial charge on any atom is 0.266 e. The highest BCUT2D eigenvalue weighted by atomic mass is 35.5. The van der Waals surface area contributed by atoms with Crippen molar-refractivity contribution >= 4 is 22.6 Å². The SMILES string of the molecule is CC(C)(C)c1nn(-c2ccc(Cl)c(F)c2)c2ccc[n+]([O-])c12. The maximum absolute atomic E-state index is 13.7. The van der Waals surface area contributed by atoms with Gasteiger partial charge in [0.15, 0.2) is 6.20 Å². The molecule has 0 fully saturated rings. The fraction of sp³-hybridized carbons (Fsp3) is 0.250. The summed E-state index contributed by atoms with van der Waals surface area (Å²) < 4.78 is 16.1. The lowest BCUT2D eigenvalue weighted by atomic mass is 9.91. The summed E-state index contributed by atoms with van der Waals surface area (Å²) >= 11 is 5.73. The van der Waals surface area contributed by atoms with Gasteiger partial charge in [-0.1, -0.05) is 32.4 Å². The van der Waals surface area contributed by atoms with E-state index in [1.165, 1.54) is 18.3 Å². The number of hydrogen-bond acceptors (Lipinski definition) is 2. The summed E-state index contributed by atoms with van der Waals surface area (Å²) in [5, 5.41) is 16.8. The Kier molecular flexibility index (Phi) is 3.33. The second kappa shape index (κ2) is 4.95. The third-order valence-corrected chi connectivity index (χ3v) is 3.76. The summed E-state index contributed by atoms with van der Waals surface area (Å²) in [5.41, 5.74) is 1.98. The second-order valence-corrected chi connectivity index (χ2v) is 6.58. The van der Waals surface area contributed by atoms with Crippen molar-refractivity contribution in [3.05, 3.63) is 58.3 Å². The van der Waals surface area contributed by atoms with E-state index in [-0.39, 0.29) is 10.4 Å². The number of rotatable bonds is 1. The molecule has 2 aromatic heterocycles. The molecule has 0 unspecified atom stereocenters. The Bertz CT molecular complexity index is 868. The van der Waals surface area contributed by atoms with Gasteiger partial charge in [0.2, 0.25) is 0 Å². The molecule has 0 aliphatic rings. The van der Waals surface area contributed by atoms with Crippen LogP contribution in [0.15, 0.2) is 36.5 Å². The predicted molar refractivity (Wildman–Crippen MR) is 83.7 cm³/mol. The van der Waals surface area contributed by atoms with E-state index < -0.39 is 5.82 Å². The molecule has 0 N–H and O–H groups in total. The van der Waals surface area contributed by atoms with E-state index in [1.807, 2.05) is 20.8 Å². The lowest BCUT2D eigenvalue weighted by Crippen LogP contribution is -2.28. The molecular weight excluding hydrogens is 305 g/mol. The summed E-state index contributed by atoms with van der Waals surface area (Å²) in [5.74, 6) is -0.522. The van der Waals surface area contributed by atoms with Crippen LogP contribution in [0.3, 0.4) is 0 Å². The first-order valence-electron chi connectivity index (χ1n) is 6.86. The summed E-state index contributed by atoms with van der Waals surface area (Å²) in [4.78, 5) is 0. The van der Waals surface area contributed by atoms with Gasteiger partial charge in [-0.25, -0.2) is 9.07 Å². The smallest absolute Gasteiger partial charge is 0.266 e. The van der Waals surface area contributed by atoms with Crippen molar-refractivity contribution in [2.75, 3.05) is 0 Å². The van der Waals surface area contributed by atoms with Crippen molar-refractivity contribution in [3.63, 3.8) is 0 Å². The predicted octanol–water partition coefficient (Wildman–Crippen LogP) is 3.75. The van der Waals surface area contributed by atoms with Crippen LogP contribution in [0, 0.1) is 11.0 Å². The number of pyridine rings is 1. The molecule has 3 aromatic rings. The molecule has 0 aliphatic heterocycles. The lowest BCUT2D eigenvalue weighted by molar-refractivity contribution is -0.577. The Morgan fingerprint density at radius 1 is 1.27 bits per heavy atom. The molecule has 0 saturated heterocycles. The molecular formula is C16H15ClFN3O. The molecule has 2 heterocycles. The van der Waals surface area contributed by atoms with Gasteiger partial charge in [-0.2, -0.15) is 9.83 Å². The van der Waals surface area contributed by atoms with Crippen molar-refractivity contribution in [3.8, 4) is 5.69 Å². The molecule has 22 heavy (non-hydrogen) atoms. The fourth-order valence-corrected chi connectivity index (χ4v) is 2.51. The van der Waals surface area contributed by atoms with Crippen LogP contribution >= 0.6 is 11.6 Å². The van der Waals surface area contributed by atoms with E-state index in [2.05, 4.69) is 5.10 Å². The molecule has 0 spiro atoms. The Morgan fingerprint density at radius 2 is 2.00 bits per heavy atom. The van der Waals surface area contributed by atoms with Gasteiger partial charge in [0.25, 0.3) is 5.52 Å². The zero-order valence-corrected chi connectivity index (χ0v) is 13.2. The second-order valence-electron chi connectivity index (χ2n) is 6.18. The van der Waals surface area contributed by atoms with Crippen LogP contribution in [0.2, 0.25) is 5.02 Å². The van der Waals surface area contributed by atoms with Crippen LogP contribution in [-0.4, -0.2) is 9.78 Å². The van der Waals surface area contributed by atoms with E-state index in [9.17, 15) is 9.60 Å². The van der Waals surface area contributed by atoms with Crippen molar-refractivity contribution < 1.29 is 9.12 Å². The van der Waals surface area contributed by atoms with E-state index in [1.54, 1.807) is 22.9 Å². The third kappa shape index (κ3) is 2.31. The molecule has 0 saturated carbocycles. The summed E-state index contributed by atoms with van der Waals surface area (Å²) in [6, 6.07) is 7.89. The van der Waals surface area contributed by atoms with Crippen molar-refractivity contribution in [2.45, 2.75) is 26.2 Å². The number of hydrogen-bond donors (Lipinski definition) is 0. The summed E-state index contributed by atoms with van der Waals surface area (Å²) in [6.45, 7) is 5.94. The van der Waals surface area contributed by atoms with Crippen LogP contribution in [0.5, 0.6) is 0 Å². The van der Waals surface area contributed by atoms with Crippen molar-refractivity contribution in [1.82, 2.24) is 9.78 Å². The van der Waals surface area contributed by atoms with Gasteiger partial charge in [-0.05, 0) is 18.2 Å². The van der Waals surface area contributed by atoms with Crippen molar-refractivity contribution in [1.29, 1.82) is 0 Å². The minimum atomic E-state index is -0.522. The normalized spacial score (nSPS) is 12.0. The van der Waals surface area contributed by atoms with Gasteiger partial charge in [-0.3, -0.25) is 0 Å². The Morgan fingerprint density at radius 3 is 2.64 bits per heavy atom. The third-order valence-electron chi connectivity index (χ3n) is 3.45. The topological polar surface area (TPSA) is 44.8 Å². The summed E-state index contributed by atoms with van der Waals surface area (Å²) in [6.07, 6.45) is 1.44. The molecule has 1 aromatic carbocycles. The van der Waals surface area contributed by atoms with E-state index in [0.29, 0.717) is 22.4 Å². The molecule has 3 rings (SSSR count). The average Bonchev–Trinajstić information content (AvgIpc) is 2.83. The monoisotopic (exact) mass is 319 g/mol. The number of benzene rings is 1. The first-order chi connectivity index (χ1) is 10.3. The van der Waals surface area contributed by atoms with Gasteiger partial charge in [0, 0.05) is 17.5 Å². The molecule has 0 atom stereocenters. The van der Waals surface area contributed by atoms with Gasteiger partial charge < -0.3 is 5.21 Å². The van der Waals surface area contributed by atoms with E-state index >= 15 is 0 Å². The molecule has 0 aliphatic carbocycles. The molecule has 0 amide bonds. The summed E-state index contributed by atoms with van der Waals surface area (Å²) in [7, 11) is 0. The van der Waals surface area contributed by atoms with Crippen LogP contribution < -0.4 is 4.73 Å². The van der Waals surface area contributed by atoms with E-state index in [4.69, 9.17) is 11.6 Å². The lowest BCUT2D eigenvalue weighted by Gasteiger charge is -2.14. The molecule has 0 radical (unpaired) electrons. The van der Waals surface area contributed by atoms with Crippen LogP contribution in [0.4, 0.5) is 4.39 Å². The number of aromatic nitrogens is 3. The van der Waals surface area contributed by atoms with Gasteiger partial charge >= 0.3 is 0 Å². The first kappa shape index (κ1) is 14.8. The zero-order valence-electron chi connectivity index (χ0n) is 12.5. The first-order valence-corrected chi connectivity index (χ1v) is 7.23. The molecule has 6 heteroatoms. The minimum Gasteiger partial charge on any atom is -0.618 e. The quantitative estimate of drug-likeness (QED) is 0.506. The number of nitrogens with zero attached hydrogens (tertiary/aromatic N) is 3. The highest BCUT2D eigenvalue weighted by Crippen LogP contribution is 2.29. The van der Waals surface area contributed by atoms with Gasteiger partial charge in [0.05, 0.1) is 10.7 Å². The largest absolute Gasteiger partial charge is 0.618 e. The van der Waals surface area contributed by atoms with Crippen LogP contribution in [0.1, 0.15) is 26.5 Å².